The van der Waals surface area contributed by atoms with Crippen LogP contribution in [0.5, 0.6) is 0 Å². The Hall–Kier alpha value is -3.41. The van der Waals surface area contributed by atoms with Gasteiger partial charge >= 0.3 is 29.6 Å². The monoisotopic (exact) mass is 613 g/mol. The predicted molar refractivity (Wildman–Crippen MR) is 156 cm³/mol. The molecule has 0 aliphatic carbocycles. The zero-order valence-corrected chi connectivity index (χ0v) is 27.0. The number of aromatic nitrogens is 2. The van der Waals surface area contributed by atoms with Gasteiger partial charge in [0, 0.05) is 54.2 Å². The number of pyridine rings is 1. The van der Waals surface area contributed by atoms with E-state index in [2.05, 4.69) is 10.3 Å². The number of aliphatic hydroxyl groups is 2. The standard InChI is InChI=1S/C33H35F2N3O5.Na/c1-20(2)38-28(14-13-26(39)16-27(40)17-29(41)42)30(22-5-9-24(34)10-6-22)31(23-7-11-25(35)12-8-23)32(38)33(43)37-19-21-4-3-15-36-18-21;/h3-12,15,18,20,26-27,39-40H,13-14,16-17,19H2,1-2H3,(H,37,43)(H,41,42);/q;+1/p-1/t26-,27-;/m1./s1. The zero-order chi connectivity index (χ0) is 31.1. The summed E-state index contributed by atoms with van der Waals surface area (Å²) in [5, 5.41) is 34.6. The molecule has 0 radical (unpaired) electrons. The second kappa shape index (κ2) is 16.1. The van der Waals surface area contributed by atoms with Gasteiger partial charge in [0.25, 0.3) is 5.91 Å². The van der Waals surface area contributed by atoms with Crippen LogP contribution in [-0.2, 0) is 17.8 Å². The van der Waals surface area contributed by atoms with E-state index in [-0.39, 0.29) is 61.4 Å². The number of nitrogens with zero attached hydrogens (tertiary/aromatic N) is 2. The molecule has 4 rings (SSSR count). The van der Waals surface area contributed by atoms with Gasteiger partial charge in [-0.1, -0.05) is 30.3 Å². The van der Waals surface area contributed by atoms with E-state index in [0.29, 0.717) is 33.6 Å². The first-order chi connectivity index (χ1) is 20.5. The Morgan fingerprint density at radius 1 is 0.932 bits per heavy atom. The first kappa shape index (κ1) is 35.1. The summed E-state index contributed by atoms with van der Waals surface area (Å²) < 4.78 is 29.9. The maximum Gasteiger partial charge on any atom is 1.00 e. The second-order valence-electron chi connectivity index (χ2n) is 10.7. The van der Waals surface area contributed by atoms with Crippen molar-refractivity contribution in [3.8, 4) is 22.3 Å². The summed E-state index contributed by atoms with van der Waals surface area (Å²) in [5.41, 5.74) is 4.09. The molecule has 226 valence electrons. The number of rotatable bonds is 13. The van der Waals surface area contributed by atoms with E-state index in [1.54, 1.807) is 42.7 Å². The number of carboxylic acids is 1. The number of halogens is 2. The van der Waals surface area contributed by atoms with Crippen molar-refractivity contribution >= 4 is 11.9 Å². The Bertz CT molecular complexity index is 1540. The molecule has 0 saturated heterocycles. The van der Waals surface area contributed by atoms with Gasteiger partial charge in [0.15, 0.2) is 0 Å². The van der Waals surface area contributed by atoms with Gasteiger partial charge in [0.2, 0.25) is 0 Å². The van der Waals surface area contributed by atoms with Crippen LogP contribution in [0, 0.1) is 11.6 Å². The second-order valence-corrected chi connectivity index (χ2v) is 10.7. The Kier molecular flexibility index (Phi) is 12.8. The van der Waals surface area contributed by atoms with Crippen LogP contribution in [0.3, 0.4) is 0 Å². The Balaban J connectivity index is 0.00000529. The van der Waals surface area contributed by atoms with Gasteiger partial charge < -0.3 is 30.0 Å². The third-order valence-electron chi connectivity index (χ3n) is 7.14. The molecule has 11 heteroatoms. The van der Waals surface area contributed by atoms with Crippen molar-refractivity contribution in [2.24, 2.45) is 0 Å². The molecule has 44 heavy (non-hydrogen) atoms. The number of aliphatic hydroxyl groups excluding tert-OH is 2. The third-order valence-corrected chi connectivity index (χ3v) is 7.14. The summed E-state index contributed by atoms with van der Waals surface area (Å²) in [4.78, 5) is 29.0. The number of benzene rings is 2. The summed E-state index contributed by atoms with van der Waals surface area (Å²) in [6.45, 7) is 4.02. The van der Waals surface area contributed by atoms with Gasteiger partial charge in [0.1, 0.15) is 17.3 Å². The molecule has 0 unspecified atom stereocenters. The molecule has 3 N–H and O–H groups in total. The molecule has 0 fully saturated rings. The van der Waals surface area contributed by atoms with Gasteiger partial charge in [-0.2, -0.15) is 0 Å². The molecule has 0 aliphatic heterocycles. The van der Waals surface area contributed by atoms with E-state index in [0.717, 1.165) is 5.56 Å². The number of hydrogen-bond donors (Lipinski definition) is 3. The molecule has 0 aliphatic rings. The van der Waals surface area contributed by atoms with Crippen LogP contribution < -0.4 is 40.0 Å². The van der Waals surface area contributed by atoms with Crippen LogP contribution in [0.4, 0.5) is 8.78 Å². The number of carboxylic acid groups (broad SMARTS) is 1. The number of hydrogen-bond acceptors (Lipinski definition) is 6. The van der Waals surface area contributed by atoms with E-state index in [9.17, 15) is 33.7 Å². The van der Waals surface area contributed by atoms with E-state index in [1.165, 1.54) is 24.3 Å². The fraction of sp³-hybridized carbons (Fsp3) is 0.303. The van der Waals surface area contributed by atoms with Crippen LogP contribution in [0.15, 0.2) is 73.1 Å². The Morgan fingerprint density at radius 2 is 1.52 bits per heavy atom. The Labute approximate surface area is 277 Å². The zero-order valence-electron chi connectivity index (χ0n) is 25.0. The van der Waals surface area contributed by atoms with Gasteiger partial charge in [-0.15, -0.1) is 0 Å². The fourth-order valence-corrected chi connectivity index (χ4v) is 5.28. The first-order valence-electron chi connectivity index (χ1n) is 14.1. The number of nitrogens with one attached hydrogen (secondary N) is 1. The number of aliphatic carboxylic acids is 1. The van der Waals surface area contributed by atoms with Gasteiger partial charge in [0.05, 0.1) is 12.2 Å². The Morgan fingerprint density at radius 3 is 2.05 bits per heavy atom. The predicted octanol–water partition coefficient (Wildman–Crippen LogP) is 1.19. The summed E-state index contributed by atoms with van der Waals surface area (Å²) in [7, 11) is 0. The minimum absolute atomic E-state index is 0. The van der Waals surface area contributed by atoms with Crippen molar-refractivity contribution in [2.75, 3.05) is 0 Å². The summed E-state index contributed by atoms with van der Waals surface area (Å²) in [6.07, 6.45) is 0.536. The minimum atomic E-state index is -1.42. The maximum atomic E-state index is 14.0. The molecule has 0 saturated carbocycles. The van der Waals surface area contributed by atoms with E-state index >= 15 is 0 Å². The fourth-order valence-electron chi connectivity index (χ4n) is 5.28. The van der Waals surface area contributed by atoms with Crippen molar-refractivity contribution in [1.82, 2.24) is 14.9 Å². The summed E-state index contributed by atoms with van der Waals surface area (Å²) in [5.74, 6) is -2.70. The van der Waals surface area contributed by atoms with Gasteiger partial charge in [-0.25, -0.2) is 8.78 Å². The normalized spacial score (nSPS) is 12.4. The van der Waals surface area contributed by atoms with Crippen LogP contribution in [0.25, 0.3) is 22.3 Å². The van der Waals surface area contributed by atoms with Crippen LogP contribution in [-0.4, -0.2) is 43.8 Å². The molecule has 2 atom stereocenters. The average molecular weight is 614 g/mol. The molecule has 2 aromatic carbocycles. The van der Waals surface area contributed by atoms with Crippen molar-refractivity contribution < 1.29 is 63.2 Å². The van der Waals surface area contributed by atoms with Crippen LogP contribution >= 0.6 is 0 Å². The van der Waals surface area contributed by atoms with Crippen molar-refractivity contribution in [3.05, 3.63) is 102 Å². The summed E-state index contributed by atoms with van der Waals surface area (Å²) >= 11 is 0. The van der Waals surface area contributed by atoms with Crippen molar-refractivity contribution in [3.63, 3.8) is 0 Å². The van der Waals surface area contributed by atoms with Crippen molar-refractivity contribution in [1.29, 1.82) is 0 Å². The molecule has 2 aromatic heterocycles. The topological polar surface area (TPSA) is 128 Å². The maximum absolute atomic E-state index is 14.0. The van der Waals surface area contributed by atoms with E-state index in [1.807, 2.05) is 24.5 Å². The first-order valence-corrected chi connectivity index (χ1v) is 14.1. The minimum Gasteiger partial charge on any atom is -0.550 e. The molecule has 8 nitrogen and oxygen atoms in total. The smallest absolute Gasteiger partial charge is 0.550 e. The molecule has 0 bridgehead atoms. The molecule has 1 amide bonds. The number of amides is 1. The van der Waals surface area contributed by atoms with Crippen molar-refractivity contribution in [2.45, 2.75) is 64.3 Å². The third kappa shape index (κ3) is 8.83. The molecular weight excluding hydrogens is 579 g/mol. The van der Waals surface area contributed by atoms with Gasteiger partial charge in [-0.3, -0.25) is 9.78 Å². The van der Waals surface area contributed by atoms with E-state index in [4.69, 9.17) is 0 Å². The largest absolute Gasteiger partial charge is 1.00 e. The van der Waals surface area contributed by atoms with Crippen LogP contribution in [0.2, 0.25) is 0 Å². The summed E-state index contributed by atoms with van der Waals surface area (Å²) in [6, 6.07) is 14.9. The average Bonchev–Trinajstić information content (AvgIpc) is 3.31. The molecule has 0 spiro atoms. The van der Waals surface area contributed by atoms with Crippen LogP contribution in [0.1, 0.15) is 60.9 Å². The van der Waals surface area contributed by atoms with E-state index < -0.39 is 42.1 Å². The molecule has 2 heterocycles. The van der Waals surface area contributed by atoms with Gasteiger partial charge in [-0.05, 0) is 80.1 Å². The molecule has 4 aromatic rings. The quantitative estimate of drug-likeness (QED) is 0.195. The SMILES string of the molecule is CC(C)n1c(CC[C@@H](O)C[C@@H](O)CC(=O)[O-])c(-c2ccc(F)cc2)c(-c2ccc(F)cc2)c1C(=O)NCc1cccnc1.[Na+]. The molecular formula is C33H34F2N3NaO5. The number of carbonyl (C=O) groups excluding carboxylic acids is 2. The number of carbonyl (C=O) groups is 2.